The van der Waals surface area contributed by atoms with Gasteiger partial charge in [-0.3, -0.25) is 0 Å². The van der Waals surface area contributed by atoms with Crippen molar-refractivity contribution >= 4 is 0 Å². The molecule has 0 amide bonds. The molecule has 1 heteroatoms. The van der Waals surface area contributed by atoms with Crippen LogP contribution >= 0.6 is 0 Å². The Bertz CT molecular complexity index is 537. The molecule has 0 aliphatic heterocycles. The molecule has 1 N–H and O–H groups in total. The molecule has 0 aromatic rings. The maximum absolute atomic E-state index is 10.4. The van der Waals surface area contributed by atoms with E-state index in [0.29, 0.717) is 10.8 Å². The molecular formula is C25H44O. The first-order valence-electron chi connectivity index (χ1n) is 11.3. The van der Waals surface area contributed by atoms with Crippen LogP contribution < -0.4 is 0 Å². The molecule has 150 valence electrons. The van der Waals surface area contributed by atoms with Crippen LogP contribution in [0.4, 0.5) is 0 Å². The van der Waals surface area contributed by atoms with Crippen LogP contribution in [0.5, 0.6) is 0 Å². The lowest BCUT2D eigenvalue weighted by molar-refractivity contribution is -0.0313. The lowest BCUT2D eigenvalue weighted by Crippen LogP contribution is -2.47. The highest BCUT2D eigenvalue weighted by Gasteiger charge is 2.56. The lowest BCUT2D eigenvalue weighted by Gasteiger charge is -2.55. The summed E-state index contributed by atoms with van der Waals surface area (Å²) in [4.78, 5) is 0. The molecule has 0 bridgehead atoms. The highest BCUT2D eigenvalue weighted by Crippen LogP contribution is 2.65. The molecular weight excluding hydrogens is 316 g/mol. The summed E-state index contributed by atoms with van der Waals surface area (Å²) in [6.45, 7) is 16.5. The number of aliphatic hydroxyl groups excluding tert-OH is 1. The third-order valence-electron chi connectivity index (χ3n) is 9.30. The summed E-state index contributed by atoms with van der Waals surface area (Å²) in [7, 11) is 0. The van der Waals surface area contributed by atoms with Crippen molar-refractivity contribution in [3.05, 3.63) is 11.6 Å². The van der Waals surface area contributed by atoms with Crippen LogP contribution in [0.2, 0.25) is 0 Å². The van der Waals surface area contributed by atoms with Crippen molar-refractivity contribution in [2.45, 2.75) is 106 Å². The predicted molar refractivity (Wildman–Crippen MR) is 112 cm³/mol. The van der Waals surface area contributed by atoms with Crippen LogP contribution in [0.25, 0.3) is 0 Å². The maximum Gasteiger partial charge on any atom is 0.0588 e. The van der Waals surface area contributed by atoms with Gasteiger partial charge in [-0.15, -0.1) is 0 Å². The van der Waals surface area contributed by atoms with E-state index >= 15 is 0 Å². The lowest BCUT2D eigenvalue weighted by atomic mass is 9.50. The zero-order valence-corrected chi connectivity index (χ0v) is 18.6. The first-order chi connectivity index (χ1) is 12.0. The number of aliphatic hydroxyl groups is 1. The third-order valence-corrected chi connectivity index (χ3v) is 9.30. The van der Waals surface area contributed by atoms with E-state index in [1.165, 1.54) is 44.9 Å². The third kappa shape index (κ3) is 3.43. The fourth-order valence-electron chi connectivity index (χ4n) is 6.95. The molecule has 6 atom stereocenters. The average Bonchev–Trinajstić information content (AvgIpc) is 2.87. The number of hydrogen-bond acceptors (Lipinski definition) is 1. The van der Waals surface area contributed by atoms with Gasteiger partial charge in [-0.25, -0.2) is 0 Å². The standard InChI is InChI=1S/C25H44O/c1-17-11-13-19-20(24(17,5)6)15-16-25(7)18(12-14-21(19)25)9-8-10-22(26)23(2,3)4/h11,18-22,26H,8-10,12-16H2,1-7H3. The molecule has 3 aliphatic carbocycles. The molecule has 1 nitrogen and oxygen atoms in total. The van der Waals surface area contributed by atoms with Crippen LogP contribution in [0.15, 0.2) is 11.6 Å². The van der Waals surface area contributed by atoms with Crippen molar-refractivity contribution in [1.82, 2.24) is 0 Å². The zero-order valence-electron chi connectivity index (χ0n) is 18.6. The SMILES string of the molecule is CC1=CCC2C(CCC3(C)C(CCCC(O)C(C)(C)C)CCC23)C1(C)C. The van der Waals surface area contributed by atoms with Crippen molar-refractivity contribution in [2.24, 2.45) is 39.9 Å². The van der Waals surface area contributed by atoms with Gasteiger partial charge in [-0.05, 0) is 91.8 Å². The monoisotopic (exact) mass is 360 g/mol. The van der Waals surface area contributed by atoms with Gasteiger partial charge in [0, 0.05) is 0 Å². The highest BCUT2D eigenvalue weighted by molar-refractivity contribution is 5.19. The second kappa shape index (κ2) is 6.94. The summed E-state index contributed by atoms with van der Waals surface area (Å²) < 4.78 is 0. The molecule has 0 spiro atoms. The first kappa shape index (κ1) is 20.4. The number of hydrogen-bond donors (Lipinski definition) is 1. The van der Waals surface area contributed by atoms with E-state index in [4.69, 9.17) is 0 Å². The molecule has 0 aromatic heterocycles. The van der Waals surface area contributed by atoms with Crippen molar-refractivity contribution in [1.29, 1.82) is 0 Å². The Morgan fingerprint density at radius 1 is 1.12 bits per heavy atom. The Morgan fingerprint density at radius 2 is 1.81 bits per heavy atom. The number of rotatable bonds is 4. The van der Waals surface area contributed by atoms with E-state index in [0.717, 1.165) is 30.1 Å². The van der Waals surface area contributed by atoms with Gasteiger partial charge in [-0.1, -0.05) is 59.6 Å². The summed E-state index contributed by atoms with van der Waals surface area (Å²) >= 11 is 0. The smallest absolute Gasteiger partial charge is 0.0588 e. The second-order valence-corrected chi connectivity index (χ2v) is 11.9. The Kier molecular flexibility index (Phi) is 5.46. The van der Waals surface area contributed by atoms with E-state index in [-0.39, 0.29) is 11.5 Å². The molecule has 2 fully saturated rings. The van der Waals surface area contributed by atoms with E-state index < -0.39 is 0 Å². The molecule has 0 aromatic carbocycles. The molecule has 26 heavy (non-hydrogen) atoms. The fourth-order valence-corrected chi connectivity index (χ4v) is 6.95. The molecule has 0 saturated heterocycles. The Balaban J connectivity index is 1.65. The van der Waals surface area contributed by atoms with Gasteiger partial charge < -0.3 is 5.11 Å². The summed E-state index contributed by atoms with van der Waals surface area (Å²) in [5, 5.41) is 10.4. The van der Waals surface area contributed by atoms with Crippen molar-refractivity contribution in [2.75, 3.05) is 0 Å². The average molecular weight is 361 g/mol. The molecule has 2 saturated carbocycles. The van der Waals surface area contributed by atoms with E-state index in [9.17, 15) is 5.11 Å². The summed E-state index contributed by atoms with van der Waals surface area (Å²) in [5.41, 5.74) is 2.62. The Hall–Kier alpha value is -0.300. The van der Waals surface area contributed by atoms with E-state index in [2.05, 4.69) is 54.5 Å². The van der Waals surface area contributed by atoms with Crippen LogP contribution in [-0.4, -0.2) is 11.2 Å². The second-order valence-electron chi connectivity index (χ2n) is 11.9. The van der Waals surface area contributed by atoms with Crippen molar-refractivity contribution < 1.29 is 5.11 Å². The Labute approximate surface area is 163 Å². The van der Waals surface area contributed by atoms with E-state index in [1.807, 2.05) is 0 Å². The van der Waals surface area contributed by atoms with Gasteiger partial charge in [0.2, 0.25) is 0 Å². The van der Waals surface area contributed by atoms with Gasteiger partial charge in [0.15, 0.2) is 0 Å². The van der Waals surface area contributed by atoms with Crippen LogP contribution in [0.1, 0.15) is 99.8 Å². The fraction of sp³-hybridized carbons (Fsp3) is 0.920. The first-order valence-corrected chi connectivity index (χ1v) is 11.3. The quantitative estimate of drug-likeness (QED) is 0.535. The largest absolute Gasteiger partial charge is 0.393 e. The van der Waals surface area contributed by atoms with Crippen LogP contribution in [0.3, 0.4) is 0 Å². The summed E-state index contributed by atoms with van der Waals surface area (Å²) in [5.74, 6) is 3.63. The van der Waals surface area contributed by atoms with Gasteiger partial charge in [-0.2, -0.15) is 0 Å². The van der Waals surface area contributed by atoms with Gasteiger partial charge >= 0.3 is 0 Å². The molecule has 3 aliphatic rings. The minimum Gasteiger partial charge on any atom is -0.393 e. The van der Waals surface area contributed by atoms with Gasteiger partial charge in [0.25, 0.3) is 0 Å². The van der Waals surface area contributed by atoms with E-state index in [1.54, 1.807) is 5.57 Å². The molecule has 6 unspecified atom stereocenters. The predicted octanol–water partition coefficient (Wildman–Crippen LogP) is 7.00. The van der Waals surface area contributed by atoms with Crippen molar-refractivity contribution in [3.8, 4) is 0 Å². The highest BCUT2D eigenvalue weighted by atomic mass is 16.3. The number of fused-ring (bicyclic) bond motifs is 3. The topological polar surface area (TPSA) is 20.2 Å². The maximum atomic E-state index is 10.4. The van der Waals surface area contributed by atoms with Gasteiger partial charge in [0.1, 0.15) is 0 Å². The Morgan fingerprint density at radius 3 is 2.46 bits per heavy atom. The minimum atomic E-state index is -0.157. The van der Waals surface area contributed by atoms with Crippen LogP contribution in [0, 0.1) is 39.9 Å². The molecule has 0 heterocycles. The normalized spacial score (nSPS) is 40.5. The van der Waals surface area contributed by atoms with Gasteiger partial charge in [0.05, 0.1) is 6.10 Å². The number of allylic oxidation sites excluding steroid dienone is 2. The molecule has 3 rings (SSSR count). The summed E-state index contributed by atoms with van der Waals surface area (Å²) in [6, 6.07) is 0. The summed E-state index contributed by atoms with van der Waals surface area (Å²) in [6.07, 6.45) is 13.0. The van der Waals surface area contributed by atoms with Crippen molar-refractivity contribution in [3.63, 3.8) is 0 Å². The zero-order chi connectivity index (χ0) is 19.3. The minimum absolute atomic E-state index is 0.0258. The van der Waals surface area contributed by atoms with Crippen LogP contribution in [-0.2, 0) is 0 Å². The molecule has 0 radical (unpaired) electrons.